The summed E-state index contributed by atoms with van der Waals surface area (Å²) in [6, 6.07) is 5.82. The van der Waals surface area contributed by atoms with Gasteiger partial charge in [0.1, 0.15) is 17.2 Å². The topological polar surface area (TPSA) is 86.7 Å². The molecule has 5 rings (SSSR count). The Bertz CT molecular complexity index is 1240. The number of nitrogens with one attached hydrogen (secondary N) is 3. The molecule has 3 N–H and O–H groups in total. The molecule has 1 aliphatic heterocycles. The van der Waals surface area contributed by atoms with Crippen LogP contribution >= 0.6 is 11.6 Å². The van der Waals surface area contributed by atoms with E-state index in [2.05, 4.69) is 44.7 Å². The van der Waals surface area contributed by atoms with Crippen LogP contribution in [-0.4, -0.2) is 50.1 Å². The number of nitrogens with zero attached hydrogens (tertiary/aromatic N) is 5. The first-order valence-electron chi connectivity index (χ1n) is 9.83. The van der Waals surface area contributed by atoms with E-state index in [-0.39, 0.29) is 0 Å². The third-order valence-corrected chi connectivity index (χ3v) is 5.59. The molecule has 2 atom stereocenters. The molecule has 10 heteroatoms. The Morgan fingerprint density at radius 2 is 1.97 bits per heavy atom. The van der Waals surface area contributed by atoms with Crippen molar-refractivity contribution in [3.63, 3.8) is 0 Å². The largest absolute Gasteiger partial charge is 0.353 e. The number of hydrogen-bond acceptors (Lipinski definition) is 6. The fourth-order valence-electron chi connectivity index (χ4n) is 4.16. The number of hydrogen-bond donors (Lipinski definition) is 3. The Hall–Kier alpha value is -2.91. The van der Waals surface area contributed by atoms with E-state index in [1.165, 1.54) is 6.07 Å². The van der Waals surface area contributed by atoms with E-state index >= 15 is 0 Å². The summed E-state index contributed by atoms with van der Waals surface area (Å²) in [6.07, 6.45) is 1.77. The van der Waals surface area contributed by atoms with Crippen LogP contribution in [0.1, 0.15) is 13.8 Å². The molecule has 30 heavy (non-hydrogen) atoms. The second-order valence-electron chi connectivity index (χ2n) is 7.96. The first kappa shape index (κ1) is 19.1. The predicted molar refractivity (Wildman–Crippen MR) is 117 cm³/mol. The lowest BCUT2D eigenvalue weighted by Gasteiger charge is -2.36. The molecule has 156 valence electrons. The van der Waals surface area contributed by atoms with Gasteiger partial charge in [-0.3, -0.25) is 9.78 Å². The Morgan fingerprint density at radius 1 is 1.20 bits per heavy atom. The third kappa shape index (κ3) is 3.33. The van der Waals surface area contributed by atoms with Crippen LogP contribution in [-0.2, 0) is 7.05 Å². The van der Waals surface area contributed by atoms with Crippen molar-refractivity contribution in [3.8, 4) is 0 Å². The molecule has 0 spiro atoms. The van der Waals surface area contributed by atoms with E-state index in [9.17, 15) is 4.39 Å². The second-order valence-corrected chi connectivity index (χ2v) is 8.36. The molecule has 1 aromatic carbocycles. The molecule has 0 amide bonds. The van der Waals surface area contributed by atoms with E-state index in [4.69, 9.17) is 16.6 Å². The number of aryl methyl sites for hydroxylation is 1. The average Bonchev–Trinajstić information content (AvgIpc) is 3.24. The maximum absolute atomic E-state index is 14.4. The standard InChI is InChI=1S/C20H22ClFN8/c1-10-7-30(8-11(2)23-10)16-6-14(21)17-19(26-27-20(17)25-16)24-13-4-12-9-29(3)28-18(12)15(22)5-13/h4-6,9-11,23H,7-8H2,1-3H3,(H2,24,25,26,27)/t10-,11+. The molecule has 0 aliphatic carbocycles. The van der Waals surface area contributed by atoms with Gasteiger partial charge in [0.2, 0.25) is 0 Å². The maximum Gasteiger partial charge on any atom is 0.186 e. The van der Waals surface area contributed by atoms with Crippen molar-refractivity contribution in [1.29, 1.82) is 0 Å². The number of pyridine rings is 1. The zero-order valence-corrected chi connectivity index (χ0v) is 17.6. The highest BCUT2D eigenvalue weighted by Gasteiger charge is 2.24. The van der Waals surface area contributed by atoms with Crippen LogP contribution in [0.4, 0.5) is 21.7 Å². The van der Waals surface area contributed by atoms with E-state index in [1.807, 2.05) is 12.1 Å². The minimum atomic E-state index is -0.395. The number of rotatable bonds is 3. The van der Waals surface area contributed by atoms with Gasteiger partial charge in [-0.15, -0.1) is 0 Å². The van der Waals surface area contributed by atoms with Gasteiger partial charge in [0.05, 0.1) is 10.4 Å². The first-order chi connectivity index (χ1) is 14.4. The van der Waals surface area contributed by atoms with E-state index in [1.54, 1.807) is 17.9 Å². The molecule has 4 heterocycles. The van der Waals surface area contributed by atoms with Crippen LogP contribution in [0, 0.1) is 5.82 Å². The first-order valence-corrected chi connectivity index (χ1v) is 10.2. The molecular formula is C20H22ClFN8. The number of H-pyrrole nitrogens is 1. The highest BCUT2D eigenvalue weighted by Crippen LogP contribution is 2.33. The van der Waals surface area contributed by atoms with Crippen molar-refractivity contribution in [2.45, 2.75) is 25.9 Å². The lowest BCUT2D eigenvalue weighted by Crippen LogP contribution is -2.54. The Morgan fingerprint density at radius 3 is 2.73 bits per heavy atom. The predicted octanol–water partition coefficient (Wildman–Crippen LogP) is 3.57. The van der Waals surface area contributed by atoms with Crippen LogP contribution in [0.25, 0.3) is 21.9 Å². The number of aromatic nitrogens is 5. The molecule has 1 aliphatic rings. The van der Waals surface area contributed by atoms with Crippen molar-refractivity contribution in [2.24, 2.45) is 7.05 Å². The van der Waals surface area contributed by atoms with Gasteiger partial charge in [-0.25, -0.2) is 9.37 Å². The smallest absolute Gasteiger partial charge is 0.186 e. The highest BCUT2D eigenvalue weighted by atomic mass is 35.5. The third-order valence-electron chi connectivity index (χ3n) is 5.29. The van der Waals surface area contributed by atoms with Crippen molar-refractivity contribution in [1.82, 2.24) is 30.3 Å². The van der Waals surface area contributed by atoms with Gasteiger partial charge < -0.3 is 15.5 Å². The second kappa shape index (κ2) is 7.10. The Kier molecular flexibility index (Phi) is 4.52. The van der Waals surface area contributed by atoms with Crippen molar-refractivity contribution >= 4 is 50.9 Å². The van der Waals surface area contributed by atoms with Gasteiger partial charge in [-0.2, -0.15) is 10.2 Å². The summed E-state index contributed by atoms with van der Waals surface area (Å²) in [4.78, 5) is 6.92. The zero-order chi connectivity index (χ0) is 21.0. The number of piperazine rings is 1. The van der Waals surface area contributed by atoms with E-state index < -0.39 is 5.82 Å². The van der Waals surface area contributed by atoms with Crippen molar-refractivity contribution < 1.29 is 4.39 Å². The summed E-state index contributed by atoms with van der Waals surface area (Å²) in [5, 5.41) is 20.0. The van der Waals surface area contributed by atoms with Crippen LogP contribution in [0.5, 0.6) is 0 Å². The van der Waals surface area contributed by atoms with Gasteiger partial charge in [0.25, 0.3) is 0 Å². The molecule has 0 saturated carbocycles. The molecule has 0 bridgehead atoms. The number of halogens is 2. The monoisotopic (exact) mass is 428 g/mol. The lowest BCUT2D eigenvalue weighted by molar-refractivity contribution is 0.405. The number of anilines is 3. The normalized spacial score (nSPS) is 19.7. The van der Waals surface area contributed by atoms with Gasteiger partial charge in [0.15, 0.2) is 11.5 Å². The Labute approximate surface area is 177 Å². The SMILES string of the molecule is C[C@@H]1CN(c2cc(Cl)c3c(Nc4cc(F)c5nn(C)cc5c4)[nH]nc3n2)C[C@H](C)N1. The van der Waals surface area contributed by atoms with Gasteiger partial charge in [0, 0.05) is 55.6 Å². The van der Waals surface area contributed by atoms with Crippen LogP contribution in [0.3, 0.4) is 0 Å². The number of benzene rings is 1. The fraction of sp³-hybridized carbons (Fsp3) is 0.350. The van der Waals surface area contributed by atoms with Gasteiger partial charge in [-0.05, 0) is 26.0 Å². The van der Waals surface area contributed by atoms with Crippen LogP contribution < -0.4 is 15.5 Å². The van der Waals surface area contributed by atoms with Gasteiger partial charge >= 0.3 is 0 Å². The van der Waals surface area contributed by atoms with E-state index in [0.717, 1.165) is 18.9 Å². The molecule has 3 aromatic heterocycles. The summed E-state index contributed by atoms with van der Waals surface area (Å²) >= 11 is 6.63. The van der Waals surface area contributed by atoms with Crippen LogP contribution in [0.2, 0.25) is 5.02 Å². The quantitative estimate of drug-likeness (QED) is 0.462. The summed E-state index contributed by atoms with van der Waals surface area (Å²) in [6.45, 7) is 5.99. The van der Waals surface area contributed by atoms with Crippen molar-refractivity contribution in [3.05, 3.63) is 35.2 Å². The summed E-state index contributed by atoms with van der Waals surface area (Å²) in [5.74, 6) is 0.972. The molecular weight excluding hydrogens is 407 g/mol. The minimum Gasteiger partial charge on any atom is -0.353 e. The highest BCUT2D eigenvalue weighted by molar-refractivity contribution is 6.36. The molecule has 0 unspecified atom stereocenters. The molecule has 8 nitrogen and oxygen atoms in total. The fourth-order valence-corrected chi connectivity index (χ4v) is 4.44. The minimum absolute atomic E-state index is 0.335. The maximum atomic E-state index is 14.4. The molecule has 4 aromatic rings. The average molecular weight is 429 g/mol. The lowest BCUT2D eigenvalue weighted by atomic mass is 10.1. The molecule has 1 saturated heterocycles. The summed E-state index contributed by atoms with van der Waals surface area (Å²) in [5.41, 5.74) is 1.42. The van der Waals surface area contributed by atoms with Crippen LogP contribution in [0.15, 0.2) is 24.4 Å². The van der Waals surface area contributed by atoms with Gasteiger partial charge in [-0.1, -0.05) is 11.6 Å². The summed E-state index contributed by atoms with van der Waals surface area (Å²) in [7, 11) is 1.76. The Balaban J connectivity index is 1.49. The number of fused-ring (bicyclic) bond motifs is 2. The number of aromatic amines is 1. The molecule has 1 fully saturated rings. The van der Waals surface area contributed by atoms with E-state index in [0.29, 0.717) is 50.5 Å². The summed E-state index contributed by atoms with van der Waals surface area (Å²) < 4.78 is 16.0. The zero-order valence-electron chi connectivity index (χ0n) is 16.9. The van der Waals surface area contributed by atoms with Crippen molar-refractivity contribution in [2.75, 3.05) is 23.3 Å². The molecule has 0 radical (unpaired) electrons.